The normalized spacial score (nSPS) is 13.8. The van der Waals surface area contributed by atoms with E-state index in [2.05, 4.69) is 78.7 Å². The molecule has 0 aliphatic heterocycles. The first kappa shape index (κ1) is 19.8. The van der Waals surface area contributed by atoms with E-state index < -0.39 is 0 Å². The molecule has 3 rings (SSSR count). The Morgan fingerprint density at radius 3 is 2.30 bits per heavy atom. The van der Waals surface area contributed by atoms with E-state index in [1.807, 2.05) is 12.1 Å². The standard InChI is InChI=1S/C23H28ClN3/c1-3-27(4-2)22(18-12-14-19(24)15-13-18)16-26-23(25)21-11-7-9-17-8-5-6-10-20(17)21/h5-15,22-23,26H,3-4,16,25H2,1-2H3. The molecule has 0 heterocycles. The predicted octanol–water partition coefficient (Wildman–Crippen LogP) is 5.12. The molecule has 3 N–H and O–H groups in total. The van der Waals surface area contributed by atoms with Gasteiger partial charge in [0.15, 0.2) is 0 Å². The second-order valence-electron chi connectivity index (χ2n) is 6.74. The quantitative estimate of drug-likeness (QED) is 0.532. The molecule has 142 valence electrons. The van der Waals surface area contributed by atoms with Crippen LogP contribution in [-0.4, -0.2) is 24.5 Å². The first-order chi connectivity index (χ1) is 13.1. The van der Waals surface area contributed by atoms with Crippen LogP contribution in [0.4, 0.5) is 0 Å². The van der Waals surface area contributed by atoms with Gasteiger partial charge < -0.3 is 5.73 Å². The number of benzene rings is 3. The van der Waals surface area contributed by atoms with Gasteiger partial charge >= 0.3 is 0 Å². The summed E-state index contributed by atoms with van der Waals surface area (Å²) >= 11 is 6.08. The van der Waals surface area contributed by atoms with E-state index in [9.17, 15) is 0 Å². The summed E-state index contributed by atoms with van der Waals surface area (Å²) in [5, 5.41) is 6.73. The molecule has 0 radical (unpaired) electrons. The van der Waals surface area contributed by atoms with Gasteiger partial charge in [0.1, 0.15) is 0 Å². The second-order valence-corrected chi connectivity index (χ2v) is 7.18. The molecule has 0 aromatic heterocycles. The highest BCUT2D eigenvalue weighted by Gasteiger charge is 2.19. The average molecular weight is 382 g/mol. The average Bonchev–Trinajstić information content (AvgIpc) is 2.71. The summed E-state index contributed by atoms with van der Waals surface area (Å²) in [6, 6.07) is 23.0. The predicted molar refractivity (Wildman–Crippen MR) is 116 cm³/mol. The topological polar surface area (TPSA) is 41.3 Å². The van der Waals surface area contributed by atoms with Crippen molar-refractivity contribution < 1.29 is 0 Å². The molecule has 2 atom stereocenters. The number of rotatable bonds is 8. The molecule has 0 fully saturated rings. The maximum Gasteiger partial charge on any atom is 0.0816 e. The van der Waals surface area contributed by atoms with Crippen LogP contribution in [0.15, 0.2) is 66.7 Å². The van der Waals surface area contributed by atoms with E-state index in [0.29, 0.717) is 0 Å². The Balaban J connectivity index is 1.80. The molecule has 0 aliphatic rings. The first-order valence-corrected chi connectivity index (χ1v) is 9.98. The summed E-state index contributed by atoms with van der Waals surface area (Å²) in [6.07, 6.45) is -0.221. The smallest absolute Gasteiger partial charge is 0.0816 e. The largest absolute Gasteiger partial charge is 0.312 e. The number of halogens is 1. The molecule has 0 amide bonds. The SMILES string of the molecule is CCN(CC)C(CNC(N)c1cccc2ccccc12)c1ccc(Cl)cc1. The monoisotopic (exact) mass is 381 g/mol. The third kappa shape index (κ3) is 4.69. The highest BCUT2D eigenvalue weighted by molar-refractivity contribution is 6.30. The number of likely N-dealkylation sites (N-methyl/N-ethyl adjacent to an activating group) is 1. The fraction of sp³-hybridized carbons (Fsp3) is 0.304. The lowest BCUT2D eigenvalue weighted by Crippen LogP contribution is -2.39. The summed E-state index contributed by atoms with van der Waals surface area (Å²) in [5.41, 5.74) is 8.92. The van der Waals surface area contributed by atoms with Gasteiger partial charge in [-0.05, 0) is 47.1 Å². The van der Waals surface area contributed by atoms with Crippen LogP contribution in [0.5, 0.6) is 0 Å². The Morgan fingerprint density at radius 2 is 1.59 bits per heavy atom. The van der Waals surface area contributed by atoms with Crippen LogP contribution in [0, 0.1) is 0 Å². The fourth-order valence-corrected chi connectivity index (χ4v) is 3.80. The van der Waals surface area contributed by atoms with E-state index in [0.717, 1.165) is 30.2 Å². The summed E-state index contributed by atoms with van der Waals surface area (Å²) in [5.74, 6) is 0. The Morgan fingerprint density at radius 1 is 0.926 bits per heavy atom. The zero-order valence-corrected chi connectivity index (χ0v) is 16.8. The van der Waals surface area contributed by atoms with Crippen LogP contribution < -0.4 is 11.1 Å². The summed E-state index contributed by atoms with van der Waals surface area (Å²) in [4.78, 5) is 2.44. The number of nitrogens with zero attached hydrogens (tertiary/aromatic N) is 1. The van der Waals surface area contributed by atoms with Crippen molar-refractivity contribution in [2.24, 2.45) is 5.73 Å². The number of fused-ring (bicyclic) bond motifs is 1. The number of hydrogen-bond acceptors (Lipinski definition) is 3. The van der Waals surface area contributed by atoms with Crippen LogP contribution in [-0.2, 0) is 0 Å². The van der Waals surface area contributed by atoms with Gasteiger partial charge in [0.25, 0.3) is 0 Å². The molecule has 0 bridgehead atoms. The van der Waals surface area contributed by atoms with Crippen LogP contribution in [0.1, 0.15) is 37.2 Å². The maximum atomic E-state index is 6.54. The van der Waals surface area contributed by atoms with E-state index >= 15 is 0 Å². The Labute approximate surface area is 167 Å². The molecule has 3 aromatic rings. The van der Waals surface area contributed by atoms with Gasteiger partial charge in [-0.15, -0.1) is 0 Å². The minimum Gasteiger partial charge on any atom is -0.312 e. The molecule has 0 saturated carbocycles. The maximum absolute atomic E-state index is 6.54. The minimum absolute atomic E-state index is 0.221. The van der Waals surface area contributed by atoms with Crippen LogP contribution in [0.25, 0.3) is 10.8 Å². The third-order valence-corrected chi connectivity index (χ3v) is 5.45. The van der Waals surface area contributed by atoms with Gasteiger partial charge in [-0.1, -0.05) is 80.0 Å². The van der Waals surface area contributed by atoms with Crippen molar-refractivity contribution in [2.75, 3.05) is 19.6 Å². The lowest BCUT2D eigenvalue weighted by Gasteiger charge is -2.31. The molecule has 3 aromatic carbocycles. The van der Waals surface area contributed by atoms with E-state index in [1.54, 1.807) is 0 Å². The van der Waals surface area contributed by atoms with Gasteiger partial charge in [-0.25, -0.2) is 0 Å². The molecule has 0 aliphatic carbocycles. The van der Waals surface area contributed by atoms with Crippen molar-refractivity contribution in [1.82, 2.24) is 10.2 Å². The van der Waals surface area contributed by atoms with Gasteiger partial charge in [0.2, 0.25) is 0 Å². The molecular weight excluding hydrogens is 354 g/mol. The third-order valence-electron chi connectivity index (χ3n) is 5.20. The van der Waals surface area contributed by atoms with Gasteiger partial charge in [-0.2, -0.15) is 0 Å². The zero-order valence-electron chi connectivity index (χ0n) is 16.0. The molecule has 27 heavy (non-hydrogen) atoms. The van der Waals surface area contributed by atoms with Crippen molar-refractivity contribution >= 4 is 22.4 Å². The van der Waals surface area contributed by atoms with Crippen molar-refractivity contribution in [3.8, 4) is 0 Å². The van der Waals surface area contributed by atoms with Gasteiger partial charge in [0.05, 0.1) is 6.17 Å². The lowest BCUT2D eigenvalue weighted by molar-refractivity contribution is 0.209. The second kappa shape index (κ2) is 9.34. The van der Waals surface area contributed by atoms with Crippen molar-refractivity contribution in [3.05, 3.63) is 82.9 Å². The summed E-state index contributed by atoms with van der Waals surface area (Å²) in [7, 11) is 0. The molecule has 0 spiro atoms. The number of nitrogens with two attached hydrogens (primary N) is 1. The Kier molecular flexibility index (Phi) is 6.86. The lowest BCUT2D eigenvalue weighted by atomic mass is 10.0. The summed E-state index contributed by atoms with van der Waals surface area (Å²) in [6.45, 7) is 7.12. The minimum atomic E-state index is -0.221. The van der Waals surface area contributed by atoms with Crippen LogP contribution in [0.3, 0.4) is 0 Å². The van der Waals surface area contributed by atoms with E-state index in [1.165, 1.54) is 16.3 Å². The van der Waals surface area contributed by atoms with Crippen molar-refractivity contribution in [3.63, 3.8) is 0 Å². The molecule has 2 unspecified atom stereocenters. The zero-order chi connectivity index (χ0) is 19.2. The van der Waals surface area contributed by atoms with Crippen molar-refractivity contribution in [1.29, 1.82) is 0 Å². The fourth-order valence-electron chi connectivity index (χ4n) is 3.68. The van der Waals surface area contributed by atoms with Crippen LogP contribution >= 0.6 is 11.6 Å². The molecule has 3 nitrogen and oxygen atoms in total. The van der Waals surface area contributed by atoms with Gasteiger partial charge in [-0.3, -0.25) is 10.2 Å². The highest BCUT2D eigenvalue weighted by Crippen LogP contribution is 2.25. The highest BCUT2D eigenvalue weighted by atomic mass is 35.5. The van der Waals surface area contributed by atoms with E-state index in [4.69, 9.17) is 17.3 Å². The Hall–Kier alpha value is -1.91. The molecule has 4 heteroatoms. The molecular formula is C23H28ClN3. The number of nitrogens with one attached hydrogen (secondary N) is 1. The van der Waals surface area contributed by atoms with Crippen molar-refractivity contribution in [2.45, 2.75) is 26.1 Å². The molecule has 0 saturated heterocycles. The van der Waals surface area contributed by atoms with E-state index in [-0.39, 0.29) is 12.2 Å². The summed E-state index contributed by atoms with van der Waals surface area (Å²) < 4.78 is 0. The number of hydrogen-bond donors (Lipinski definition) is 2. The van der Waals surface area contributed by atoms with Crippen LogP contribution in [0.2, 0.25) is 5.02 Å². The first-order valence-electron chi connectivity index (χ1n) is 9.60. The van der Waals surface area contributed by atoms with Gasteiger partial charge in [0, 0.05) is 17.6 Å². The Bertz CT molecular complexity index is 854.